The van der Waals surface area contributed by atoms with Crippen LogP contribution >= 0.6 is 0 Å². The molecule has 3 nitrogen and oxygen atoms in total. The van der Waals surface area contributed by atoms with E-state index in [-0.39, 0.29) is 0 Å². The number of hydrogen-bond acceptors (Lipinski definition) is 3. The van der Waals surface area contributed by atoms with E-state index in [1.807, 2.05) is 18.2 Å². The molecule has 1 aliphatic heterocycles. The second-order valence-electron chi connectivity index (χ2n) is 6.59. The Balaban J connectivity index is 1.57. The normalized spacial score (nSPS) is 17.5. The smallest absolute Gasteiger partial charge is 0.120 e. The van der Waals surface area contributed by atoms with Crippen LogP contribution < -0.4 is 0 Å². The average molecular weight is 325 g/mol. The average Bonchev–Trinajstić information content (AvgIpc) is 3.11. The van der Waals surface area contributed by atoms with E-state index in [9.17, 15) is 5.11 Å². The van der Waals surface area contributed by atoms with Gasteiger partial charge in [0.25, 0.3) is 0 Å². The molecule has 0 radical (unpaired) electrons. The molecule has 2 aromatic rings. The summed E-state index contributed by atoms with van der Waals surface area (Å²) in [5.74, 6) is 0.387. The Kier molecular flexibility index (Phi) is 6.27. The fourth-order valence-electron chi connectivity index (χ4n) is 3.35. The Labute approximate surface area is 144 Å². The van der Waals surface area contributed by atoms with Crippen molar-refractivity contribution in [2.24, 2.45) is 0 Å². The van der Waals surface area contributed by atoms with Crippen molar-refractivity contribution in [2.45, 2.75) is 38.3 Å². The molecule has 0 amide bonds. The minimum atomic E-state index is 0.340. The highest BCUT2D eigenvalue weighted by Gasteiger charge is 2.19. The molecule has 0 aromatic heterocycles. The van der Waals surface area contributed by atoms with Crippen molar-refractivity contribution >= 4 is 0 Å². The zero-order valence-electron chi connectivity index (χ0n) is 14.2. The van der Waals surface area contributed by atoms with E-state index in [1.165, 1.54) is 12.0 Å². The summed E-state index contributed by atoms with van der Waals surface area (Å²) in [7, 11) is 0. The number of aryl methyl sites for hydroxylation is 1. The Morgan fingerprint density at radius 2 is 1.83 bits per heavy atom. The van der Waals surface area contributed by atoms with Crippen molar-refractivity contribution in [3.8, 4) is 5.75 Å². The Morgan fingerprint density at radius 1 is 1.04 bits per heavy atom. The molecular formula is C21H27NO2. The van der Waals surface area contributed by atoms with Gasteiger partial charge in [-0.05, 0) is 43.9 Å². The zero-order chi connectivity index (χ0) is 16.6. The highest BCUT2D eigenvalue weighted by atomic mass is 16.5. The van der Waals surface area contributed by atoms with Crippen LogP contribution in [0.1, 0.15) is 30.4 Å². The summed E-state index contributed by atoms with van der Waals surface area (Å²) in [6, 6.07) is 18.3. The van der Waals surface area contributed by atoms with Gasteiger partial charge >= 0.3 is 0 Å². The van der Waals surface area contributed by atoms with Gasteiger partial charge in [-0.2, -0.15) is 0 Å². The topological polar surface area (TPSA) is 32.7 Å². The van der Waals surface area contributed by atoms with Crippen LogP contribution in [0.3, 0.4) is 0 Å². The van der Waals surface area contributed by atoms with E-state index < -0.39 is 0 Å². The van der Waals surface area contributed by atoms with Crippen LogP contribution in [0.4, 0.5) is 0 Å². The van der Waals surface area contributed by atoms with Gasteiger partial charge in [0.2, 0.25) is 0 Å². The lowest BCUT2D eigenvalue weighted by atomic mass is 10.1. The molecule has 128 valence electrons. The second kappa shape index (κ2) is 8.86. The van der Waals surface area contributed by atoms with E-state index in [2.05, 4.69) is 35.2 Å². The molecule has 1 fully saturated rings. The minimum absolute atomic E-state index is 0.340. The number of phenolic OH excluding ortho intramolecular Hbond substituents is 1. The van der Waals surface area contributed by atoms with Crippen LogP contribution in [-0.4, -0.2) is 35.8 Å². The van der Waals surface area contributed by atoms with Gasteiger partial charge < -0.3 is 9.84 Å². The molecule has 0 bridgehead atoms. The van der Waals surface area contributed by atoms with Gasteiger partial charge in [0, 0.05) is 25.3 Å². The maximum absolute atomic E-state index is 10.1. The first kappa shape index (κ1) is 17.0. The van der Waals surface area contributed by atoms with Gasteiger partial charge in [-0.15, -0.1) is 0 Å². The first-order valence-electron chi connectivity index (χ1n) is 8.96. The van der Waals surface area contributed by atoms with Crippen LogP contribution in [-0.2, 0) is 17.7 Å². The maximum Gasteiger partial charge on any atom is 0.120 e. The summed E-state index contributed by atoms with van der Waals surface area (Å²) < 4.78 is 5.81. The lowest BCUT2D eigenvalue weighted by Gasteiger charge is -2.25. The van der Waals surface area contributed by atoms with Gasteiger partial charge in [-0.25, -0.2) is 0 Å². The summed E-state index contributed by atoms with van der Waals surface area (Å²) in [6.45, 7) is 3.63. The highest BCUT2D eigenvalue weighted by molar-refractivity contribution is 5.31. The fraction of sp³-hybridized carbons (Fsp3) is 0.429. The number of phenols is 1. The van der Waals surface area contributed by atoms with E-state index in [0.717, 1.165) is 51.1 Å². The van der Waals surface area contributed by atoms with Crippen LogP contribution in [0.2, 0.25) is 0 Å². The molecule has 1 heterocycles. The number of rotatable bonds is 8. The highest BCUT2D eigenvalue weighted by Crippen LogP contribution is 2.20. The van der Waals surface area contributed by atoms with Crippen molar-refractivity contribution in [2.75, 3.05) is 19.7 Å². The predicted octanol–water partition coefficient (Wildman–Crippen LogP) is 4.01. The van der Waals surface area contributed by atoms with Crippen molar-refractivity contribution in [1.82, 2.24) is 4.90 Å². The first-order chi connectivity index (χ1) is 11.8. The van der Waals surface area contributed by atoms with E-state index in [0.29, 0.717) is 11.9 Å². The van der Waals surface area contributed by atoms with Crippen molar-refractivity contribution in [3.05, 3.63) is 65.7 Å². The molecule has 24 heavy (non-hydrogen) atoms. The van der Waals surface area contributed by atoms with Gasteiger partial charge in [-0.3, -0.25) is 4.90 Å². The summed E-state index contributed by atoms with van der Waals surface area (Å²) >= 11 is 0. The summed E-state index contributed by atoms with van der Waals surface area (Å²) in [6.07, 6.45) is 4.86. The molecule has 2 aromatic carbocycles. The SMILES string of the molecule is Oc1ccccc1CN(CCCc1ccccc1)CC1CCCO1. The molecule has 0 spiro atoms. The third-order valence-electron chi connectivity index (χ3n) is 4.65. The Hall–Kier alpha value is -1.84. The maximum atomic E-state index is 10.1. The molecule has 1 aliphatic rings. The third kappa shape index (κ3) is 5.08. The fourth-order valence-corrected chi connectivity index (χ4v) is 3.35. The van der Waals surface area contributed by atoms with E-state index in [1.54, 1.807) is 6.07 Å². The summed E-state index contributed by atoms with van der Waals surface area (Å²) in [5.41, 5.74) is 2.38. The Morgan fingerprint density at radius 3 is 2.58 bits per heavy atom. The van der Waals surface area contributed by atoms with Gasteiger partial charge in [0.05, 0.1) is 6.10 Å². The van der Waals surface area contributed by atoms with Gasteiger partial charge in [-0.1, -0.05) is 48.5 Å². The largest absolute Gasteiger partial charge is 0.508 e. The quantitative estimate of drug-likeness (QED) is 0.796. The summed E-state index contributed by atoms with van der Waals surface area (Å²) in [4.78, 5) is 2.42. The molecule has 0 aliphatic carbocycles. The molecule has 1 unspecified atom stereocenters. The van der Waals surface area contributed by atoms with E-state index in [4.69, 9.17) is 4.74 Å². The first-order valence-corrected chi connectivity index (χ1v) is 8.96. The number of para-hydroxylation sites is 1. The van der Waals surface area contributed by atoms with Crippen molar-refractivity contribution in [3.63, 3.8) is 0 Å². The standard InChI is InChI=1S/C21H27NO2/c23-21-13-5-4-11-19(21)16-22(17-20-12-7-15-24-20)14-6-10-18-8-2-1-3-9-18/h1-5,8-9,11,13,20,23H,6-7,10,12,14-17H2. The number of hydrogen-bond donors (Lipinski definition) is 1. The number of aromatic hydroxyl groups is 1. The molecule has 1 saturated heterocycles. The van der Waals surface area contributed by atoms with Gasteiger partial charge in [0.1, 0.15) is 5.75 Å². The van der Waals surface area contributed by atoms with Crippen LogP contribution in [0, 0.1) is 0 Å². The zero-order valence-corrected chi connectivity index (χ0v) is 14.2. The molecule has 3 heteroatoms. The Bertz CT molecular complexity index is 608. The lowest BCUT2D eigenvalue weighted by Crippen LogP contribution is -2.33. The molecular weight excluding hydrogens is 298 g/mol. The third-order valence-corrected chi connectivity index (χ3v) is 4.65. The number of ether oxygens (including phenoxy) is 1. The van der Waals surface area contributed by atoms with Gasteiger partial charge in [0.15, 0.2) is 0 Å². The van der Waals surface area contributed by atoms with Crippen molar-refractivity contribution in [1.29, 1.82) is 0 Å². The predicted molar refractivity (Wildman–Crippen MR) is 97.1 cm³/mol. The molecule has 1 N–H and O–H groups in total. The second-order valence-corrected chi connectivity index (χ2v) is 6.59. The van der Waals surface area contributed by atoms with Crippen molar-refractivity contribution < 1.29 is 9.84 Å². The number of benzene rings is 2. The monoisotopic (exact) mass is 325 g/mol. The molecule has 3 rings (SSSR count). The van der Waals surface area contributed by atoms with Crippen LogP contribution in [0.25, 0.3) is 0 Å². The van der Waals surface area contributed by atoms with Crippen LogP contribution in [0.5, 0.6) is 5.75 Å². The van der Waals surface area contributed by atoms with Crippen LogP contribution in [0.15, 0.2) is 54.6 Å². The summed E-state index contributed by atoms with van der Waals surface area (Å²) in [5, 5.41) is 10.1. The number of nitrogens with zero attached hydrogens (tertiary/aromatic N) is 1. The minimum Gasteiger partial charge on any atom is -0.508 e. The van der Waals surface area contributed by atoms with E-state index >= 15 is 0 Å². The molecule has 1 atom stereocenters. The molecule has 0 saturated carbocycles. The lowest BCUT2D eigenvalue weighted by molar-refractivity contribution is 0.0699.